The molecule has 1 amide bonds. The summed E-state index contributed by atoms with van der Waals surface area (Å²) in [4.78, 5) is 15.5. The smallest absolute Gasteiger partial charge is 0.268 e. The second-order valence-corrected chi connectivity index (χ2v) is 5.45. The third kappa shape index (κ3) is 2.63. The number of aliphatic hydroxyl groups is 1. The molecule has 3 N–H and O–H groups in total. The van der Waals surface area contributed by atoms with Crippen LogP contribution in [0, 0.1) is 13.8 Å². The summed E-state index contributed by atoms with van der Waals surface area (Å²) in [6.07, 6.45) is 1.51. The fraction of sp³-hybridized carbons (Fsp3) is 0.235. The lowest BCUT2D eigenvalue weighted by atomic mass is 10.1. The molecule has 3 aromatic rings. The average molecular weight is 298 g/mol. The Morgan fingerprint density at radius 3 is 2.86 bits per heavy atom. The summed E-state index contributed by atoms with van der Waals surface area (Å²) in [5, 5.41) is 13.2. The number of aromatic nitrogens is 1. The maximum atomic E-state index is 12.4. The highest BCUT2D eigenvalue weighted by Crippen LogP contribution is 2.22. The van der Waals surface area contributed by atoms with Gasteiger partial charge >= 0.3 is 0 Å². The van der Waals surface area contributed by atoms with Crippen LogP contribution in [0.5, 0.6) is 0 Å². The zero-order valence-electron chi connectivity index (χ0n) is 12.5. The number of carbonyl (C=O) groups is 1. The van der Waals surface area contributed by atoms with Gasteiger partial charge < -0.3 is 19.8 Å². The van der Waals surface area contributed by atoms with Crippen LogP contribution in [0.3, 0.4) is 0 Å². The number of nitrogens with one attached hydrogen (secondary N) is 2. The van der Waals surface area contributed by atoms with E-state index in [9.17, 15) is 9.90 Å². The molecule has 0 fully saturated rings. The van der Waals surface area contributed by atoms with Crippen LogP contribution in [0.4, 0.5) is 0 Å². The van der Waals surface area contributed by atoms with Gasteiger partial charge in [0.1, 0.15) is 17.5 Å². The molecule has 0 saturated carbocycles. The third-order valence-electron chi connectivity index (χ3n) is 3.71. The van der Waals surface area contributed by atoms with Gasteiger partial charge in [-0.25, -0.2) is 0 Å². The van der Waals surface area contributed by atoms with Crippen LogP contribution < -0.4 is 5.32 Å². The zero-order valence-corrected chi connectivity index (χ0v) is 12.5. The molecule has 2 heterocycles. The molecule has 1 unspecified atom stereocenters. The topological polar surface area (TPSA) is 78.3 Å². The molecule has 1 aromatic carbocycles. The lowest BCUT2D eigenvalue weighted by Crippen LogP contribution is -2.30. The van der Waals surface area contributed by atoms with Crippen LogP contribution in [-0.4, -0.2) is 22.6 Å². The summed E-state index contributed by atoms with van der Waals surface area (Å²) in [7, 11) is 0. The van der Waals surface area contributed by atoms with E-state index in [0.29, 0.717) is 11.5 Å². The lowest BCUT2D eigenvalue weighted by Gasteiger charge is -2.12. The Labute approximate surface area is 128 Å². The standard InChI is InChI=1S/C17H18N2O3/c1-10-6-11(2)12-8-14(18-13(12)7-10)17(21)19-15(9-20)16-4-3-5-22-16/h3-8,15,18,20H,9H2,1-2H3,(H,19,21). The molecule has 0 aliphatic rings. The van der Waals surface area contributed by atoms with Crippen molar-refractivity contribution >= 4 is 16.8 Å². The van der Waals surface area contributed by atoms with Crippen molar-refractivity contribution in [3.05, 3.63) is 59.2 Å². The largest absolute Gasteiger partial charge is 0.467 e. The molecule has 0 aliphatic heterocycles. The number of hydrogen-bond acceptors (Lipinski definition) is 3. The normalized spacial score (nSPS) is 12.5. The van der Waals surface area contributed by atoms with Crippen molar-refractivity contribution in [3.8, 4) is 0 Å². The minimum atomic E-state index is -0.559. The van der Waals surface area contributed by atoms with Gasteiger partial charge in [0.15, 0.2) is 0 Å². The molecule has 3 rings (SSSR count). The van der Waals surface area contributed by atoms with E-state index in [2.05, 4.69) is 16.4 Å². The SMILES string of the molecule is Cc1cc(C)c2cc(C(=O)NC(CO)c3ccco3)[nH]c2c1. The number of H-pyrrole nitrogens is 1. The number of amides is 1. The lowest BCUT2D eigenvalue weighted by molar-refractivity contribution is 0.0903. The van der Waals surface area contributed by atoms with E-state index in [0.717, 1.165) is 22.0 Å². The number of aryl methyl sites for hydroxylation is 2. The third-order valence-corrected chi connectivity index (χ3v) is 3.71. The highest BCUT2D eigenvalue weighted by molar-refractivity contribution is 5.99. The van der Waals surface area contributed by atoms with E-state index in [1.54, 1.807) is 12.1 Å². The molecular weight excluding hydrogens is 280 g/mol. The van der Waals surface area contributed by atoms with Gasteiger partial charge in [-0.15, -0.1) is 0 Å². The van der Waals surface area contributed by atoms with E-state index in [-0.39, 0.29) is 12.5 Å². The molecule has 5 nitrogen and oxygen atoms in total. The van der Waals surface area contributed by atoms with E-state index >= 15 is 0 Å². The van der Waals surface area contributed by atoms with Crippen LogP contribution in [0.25, 0.3) is 10.9 Å². The molecule has 0 spiro atoms. The minimum Gasteiger partial charge on any atom is -0.467 e. The van der Waals surface area contributed by atoms with Gasteiger partial charge in [0.05, 0.1) is 12.9 Å². The van der Waals surface area contributed by atoms with Crippen molar-refractivity contribution in [2.24, 2.45) is 0 Å². The van der Waals surface area contributed by atoms with Crippen LogP contribution >= 0.6 is 0 Å². The van der Waals surface area contributed by atoms with E-state index in [1.807, 2.05) is 26.0 Å². The molecule has 0 saturated heterocycles. The molecule has 1 atom stereocenters. The Kier molecular flexibility index (Phi) is 3.73. The first kappa shape index (κ1) is 14.4. The summed E-state index contributed by atoms with van der Waals surface area (Å²) in [6.45, 7) is 3.81. The van der Waals surface area contributed by atoms with Gasteiger partial charge in [-0.3, -0.25) is 4.79 Å². The number of fused-ring (bicyclic) bond motifs is 1. The van der Waals surface area contributed by atoms with E-state index in [4.69, 9.17) is 4.42 Å². The summed E-state index contributed by atoms with van der Waals surface area (Å²) >= 11 is 0. The van der Waals surface area contributed by atoms with Gasteiger partial charge in [0.25, 0.3) is 5.91 Å². The van der Waals surface area contributed by atoms with Crippen molar-refractivity contribution in [1.82, 2.24) is 10.3 Å². The fourth-order valence-electron chi connectivity index (χ4n) is 2.65. The van der Waals surface area contributed by atoms with Crippen molar-refractivity contribution < 1.29 is 14.3 Å². The molecule has 2 aromatic heterocycles. The maximum Gasteiger partial charge on any atom is 0.268 e. The van der Waals surface area contributed by atoms with E-state index < -0.39 is 6.04 Å². The summed E-state index contributed by atoms with van der Waals surface area (Å²) < 4.78 is 5.23. The van der Waals surface area contributed by atoms with Crippen molar-refractivity contribution in [1.29, 1.82) is 0 Å². The van der Waals surface area contributed by atoms with Gasteiger partial charge in [-0.1, -0.05) is 6.07 Å². The average Bonchev–Trinajstić information content (AvgIpc) is 3.13. The second kappa shape index (κ2) is 5.69. The molecular formula is C17H18N2O3. The Morgan fingerprint density at radius 1 is 1.36 bits per heavy atom. The number of aliphatic hydroxyl groups excluding tert-OH is 1. The number of hydrogen-bond donors (Lipinski definition) is 3. The number of carbonyl (C=O) groups excluding carboxylic acids is 1. The van der Waals surface area contributed by atoms with Crippen molar-refractivity contribution in [3.63, 3.8) is 0 Å². The Balaban J connectivity index is 1.87. The number of benzene rings is 1. The summed E-state index contributed by atoms with van der Waals surface area (Å²) in [6, 6.07) is 8.80. The molecule has 5 heteroatoms. The predicted molar refractivity (Wildman–Crippen MR) is 83.8 cm³/mol. The molecule has 114 valence electrons. The first-order chi connectivity index (χ1) is 10.6. The van der Waals surface area contributed by atoms with Gasteiger partial charge in [-0.2, -0.15) is 0 Å². The highest BCUT2D eigenvalue weighted by atomic mass is 16.3. The Bertz CT molecular complexity index is 803. The van der Waals surface area contributed by atoms with Crippen LogP contribution in [0.1, 0.15) is 33.4 Å². The van der Waals surface area contributed by atoms with Crippen molar-refractivity contribution in [2.45, 2.75) is 19.9 Å². The minimum absolute atomic E-state index is 0.225. The molecule has 22 heavy (non-hydrogen) atoms. The van der Waals surface area contributed by atoms with Crippen molar-refractivity contribution in [2.75, 3.05) is 6.61 Å². The van der Waals surface area contributed by atoms with Crippen LogP contribution in [0.2, 0.25) is 0 Å². The Morgan fingerprint density at radius 2 is 2.18 bits per heavy atom. The Hall–Kier alpha value is -2.53. The van der Waals surface area contributed by atoms with Crippen LogP contribution in [-0.2, 0) is 0 Å². The van der Waals surface area contributed by atoms with Crippen LogP contribution in [0.15, 0.2) is 41.0 Å². The first-order valence-corrected chi connectivity index (χ1v) is 7.13. The quantitative estimate of drug-likeness (QED) is 0.693. The number of furan rings is 1. The zero-order chi connectivity index (χ0) is 15.7. The second-order valence-electron chi connectivity index (χ2n) is 5.45. The monoisotopic (exact) mass is 298 g/mol. The molecule has 0 bridgehead atoms. The number of aromatic amines is 1. The number of rotatable bonds is 4. The fourth-order valence-corrected chi connectivity index (χ4v) is 2.65. The predicted octanol–water partition coefficient (Wildman–Crippen LogP) is 2.84. The first-order valence-electron chi connectivity index (χ1n) is 7.13. The van der Waals surface area contributed by atoms with Gasteiger partial charge in [0, 0.05) is 10.9 Å². The van der Waals surface area contributed by atoms with Gasteiger partial charge in [0.2, 0.25) is 0 Å². The molecule has 0 radical (unpaired) electrons. The molecule has 0 aliphatic carbocycles. The van der Waals surface area contributed by atoms with Gasteiger partial charge in [-0.05, 0) is 49.2 Å². The summed E-state index contributed by atoms with van der Waals surface area (Å²) in [5.41, 5.74) is 3.66. The van der Waals surface area contributed by atoms with E-state index in [1.165, 1.54) is 6.26 Å². The summed E-state index contributed by atoms with van der Waals surface area (Å²) in [5.74, 6) is 0.252. The highest BCUT2D eigenvalue weighted by Gasteiger charge is 2.18. The maximum absolute atomic E-state index is 12.4.